The van der Waals surface area contributed by atoms with Crippen LogP contribution in [0, 0.1) is 0 Å². The minimum absolute atomic E-state index is 0.0712. The van der Waals surface area contributed by atoms with E-state index in [1.165, 1.54) is 0 Å². The SMILES string of the molecule is CCN1CCc2c(NS(=O)(=O)CC)cccc2C1c1cnc[nH]1. The summed E-state index contributed by atoms with van der Waals surface area (Å²) in [6.07, 6.45) is 4.35. The number of H-pyrrole nitrogens is 1. The summed E-state index contributed by atoms with van der Waals surface area (Å²) in [4.78, 5) is 9.71. The van der Waals surface area contributed by atoms with Gasteiger partial charge >= 0.3 is 0 Å². The number of anilines is 1. The molecule has 1 aliphatic heterocycles. The van der Waals surface area contributed by atoms with Gasteiger partial charge in [-0.05, 0) is 37.1 Å². The van der Waals surface area contributed by atoms with Crippen LogP contribution < -0.4 is 4.72 Å². The van der Waals surface area contributed by atoms with Gasteiger partial charge in [-0.15, -0.1) is 0 Å². The highest BCUT2D eigenvalue weighted by Crippen LogP contribution is 2.37. The molecule has 0 fully saturated rings. The number of nitrogens with one attached hydrogen (secondary N) is 2. The van der Waals surface area contributed by atoms with E-state index >= 15 is 0 Å². The maximum atomic E-state index is 11.9. The Morgan fingerprint density at radius 3 is 2.87 bits per heavy atom. The lowest BCUT2D eigenvalue weighted by Gasteiger charge is -2.36. The Morgan fingerprint density at radius 2 is 2.22 bits per heavy atom. The Bertz CT molecular complexity index is 771. The number of rotatable bonds is 5. The topological polar surface area (TPSA) is 78.1 Å². The standard InChI is InChI=1S/C16H22N4O2S/c1-3-20-9-8-12-13(16(20)15-10-17-11-18-15)6-5-7-14(12)19-23(21,22)4-2/h5-7,10-11,16,19H,3-4,8-9H2,1-2H3,(H,17,18). The van der Waals surface area contributed by atoms with Crippen LogP contribution in [0.3, 0.4) is 0 Å². The van der Waals surface area contributed by atoms with Crippen LogP contribution in [-0.2, 0) is 16.4 Å². The van der Waals surface area contributed by atoms with Gasteiger partial charge in [0, 0.05) is 12.7 Å². The van der Waals surface area contributed by atoms with Crippen LogP contribution in [0.4, 0.5) is 5.69 Å². The van der Waals surface area contributed by atoms with Crippen LogP contribution in [-0.4, -0.2) is 42.1 Å². The third kappa shape index (κ3) is 3.11. The molecular weight excluding hydrogens is 312 g/mol. The van der Waals surface area contributed by atoms with E-state index in [1.807, 2.05) is 18.3 Å². The van der Waals surface area contributed by atoms with Crippen LogP contribution >= 0.6 is 0 Å². The van der Waals surface area contributed by atoms with Crippen molar-refractivity contribution in [3.05, 3.63) is 47.5 Å². The number of imidazole rings is 1. The molecule has 0 bridgehead atoms. The Balaban J connectivity index is 2.06. The number of aromatic nitrogens is 2. The van der Waals surface area contributed by atoms with E-state index in [9.17, 15) is 8.42 Å². The van der Waals surface area contributed by atoms with Crippen molar-refractivity contribution in [3.63, 3.8) is 0 Å². The molecule has 2 N–H and O–H groups in total. The first-order valence-corrected chi connectivity index (χ1v) is 9.55. The first-order valence-electron chi connectivity index (χ1n) is 7.90. The number of aromatic amines is 1. The van der Waals surface area contributed by atoms with Crippen molar-refractivity contribution in [2.75, 3.05) is 23.6 Å². The molecule has 23 heavy (non-hydrogen) atoms. The molecule has 2 aromatic rings. The highest BCUT2D eigenvalue weighted by atomic mass is 32.2. The van der Waals surface area contributed by atoms with Gasteiger partial charge in [-0.1, -0.05) is 19.1 Å². The molecule has 1 unspecified atom stereocenters. The zero-order chi connectivity index (χ0) is 16.4. The van der Waals surface area contributed by atoms with Crippen molar-refractivity contribution in [2.24, 2.45) is 0 Å². The van der Waals surface area contributed by atoms with E-state index in [4.69, 9.17) is 0 Å². The minimum Gasteiger partial charge on any atom is -0.347 e. The number of nitrogens with zero attached hydrogens (tertiary/aromatic N) is 2. The van der Waals surface area contributed by atoms with E-state index in [0.717, 1.165) is 36.3 Å². The van der Waals surface area contributed by atoms with E-state index in [-0.39, 0.29) is 11.8 Å². The molecule has 0 radical (unpaired) electrons. The summed E-state index contributed by atoms with van der Waals surface area (Å²) in [5.74, 6) is 0.0712. The van der Waals surface area contributed by atoms with Gasteiger partial charge in [-0.25, -0.2) is 13.4 Å². The number of benzene rings is 1. The minimum atomic E-state index is -3.28. The van der Waals surface area contributed by atoms with Gasteiger partial charge in [0.2, 0.25) is 10.0 Å². The van der Waals surface area contributed by atoms with Crippen molar-refractivity contribution in [3.8, 4) is 0 Å². The van der Waals surface area contributed by atoms with Gasteiger partial charge < -0.3 is 4.98 Å². The van der Waals surface area contributed by atoms with Gasteiger partial charge in [0.15, 0.2) is 0 Å². The van der Waals surface area contributed by atoms with Gasteiger partial charge in [0.25, 0.3) is 0 Å². The Labute approximate surface area is 137 Å². The highest BCUT2D eigenvalue weighted by Gasteiger charge is 2.30. The number of hydrogen-bond donors (Lipinski definition) is 2. The molecule has 0 aliphatic carbocycles. The van der Waals surface area contributed by atoms with Gasteiger partial charge in [-0.3, -0.25) is 9.62 Å². The second kappa shape index (κ2) is 6.33. The fourth-order valence-electron chi connectivity index (χ4n) is 3.18. The first kappa shape index (κ1) is 16.0. The average molecular weight is 334 g/mol. The highest BCUT2D eigenvalue weighted by molar-refractivity contribution is 7.92. The van der Waals surface area contributed by atoms with Crippen molar-refractivity contribution in [2.45, 2.75) is 26.3 Å². The van der Waals surface area contributed by atoms with E-state index < -0.39 is 10.0 Å². The molecule has 2 heterocycles. The fourth-order valence-corrected chi connectivity index (χ4v) is 3.85. The summed E-state index contributed by atoms with van der Waals surface area (Å²) in [6.45, 7) is 5.59. The molecule has 0 saturated heterocycles. The third-order valence-electron chi connectivity index (χ3n) is 4.39. The van der Waals surface area contributed by atoms with E-state index in [1.54, 1.807) is 13.3 Å². The van der Waals surface area contributed by atoms with Crippen LogP contribution in [0.2, 0.25) is 0 Å². The molecule has 1 aliphatic rings. The van der Waals surface area contributed by atoms with Crippen molar-refractivity contribution < 1.29 is 8.42 Å². The molecule has 1 aromatic heterocycles. The maximum Gasteiger partial charge on any atom is 0.232 e. The molecule has 0 amide bonds. The van der Waals surface area contributed by atoms with Crippen molar-refractivity contribution >= 4 is 15.7 Å². The summed E-state index contributed by atoms with van der Waals surface area (Å²) in [7, 11) is -3.28. The van der Waals surface area contributed by atoms with Gasteiger partial charge in [0.05, 0.1) is 29.5 Å². The molecule has 0 saturated carbocycles. The Morgan fingerprint density at radius 1 is 1.39 bits per heavy atom. The number of likely N-dealkylation sites (N-methyl/N-ethyl adjacent to an activating group) is 1. The average Bonchev–Trinajstić information content (AvgIpc) is 3.07. The summed E-state index contributed by atoms with van der Waals surface area (Å²) in [5.41, 5.74) is 3.94. The second-order valence-electron chi connectivity index (χ2n) is 5.67. The lowest BCUT2D eigenvalue weighted by atomic mass is 9.90. The van der Waals surface area contributed by atoms with Crippen molar-refractivity contribution in [1.82, 2.24) is 14.9 Å². The van der Waals surface area contributed by atoms with Crippen LogP contribution in [0.15, 0.2) is 30.7 Å². The smallest absolute Gasteiger partial charge is 0.232 e. The number of sulfonamides is 1. The normalized spacial score (nSPS) is 18.6. The van der Waals surface area contributed by atoms with Crippen LogP contribution in [0.5, 0.6) is 0 Å². The zero-order valence-corrected chi connectivity index (χ0v) is 14.2. The lowest BCUT2D eigenvalue weighted by molar-refractivity contribution is 0.222. The maximum absolute atomic E-state index is 11.9. The quantitative estimate of drug-likeness (QED) is 0.878. The third-order valence-corrected chi connectivity index (χ3v) is 5.68. The Kier molecular flexibility index (Phi) is 4.41. The molecule has 124 valence electrons. The first-order chi connectivity index (χ1) is 11.1. The molecule has 3 rings (SSSR count). The monoisotopic (exact) mass is 334 g/mol. The molecule has 6 nitrogen and oxygen atoms in total. The molecule has 1 aromatic carbocycles. The second-order valence-corrected chi connectivity index (χ2v) is 7.68. The van der Waals surface area contributed by atoms with E-state index in [2.05, 4.69) is 32.6 Å². The largest absolute Gasteiger partial charge is 0.347 e. The summed E-state index contributed by atoms with van der Waals surface area (Å²) in [6, 6.07) is 5.91. The Hall–Kier alpha value is -1.86. The molecular formula is C16H22N4O2S. The summed E-state index contributed by atoms with van der Waals surface area (Å²) in [5, 5.41) is 0. The lowest BCUT2D eigenvalue weighted by Crippen LogP contribution is -2.36. The molecule has 0 spiro atoms. The van der Waals surface area contributed by atoms with Gasteiger partial charge in [0.1, 0.15) is 0 Å². The fraction of sp³-hybridized carbons (Fsp3) is 0.438. The van der Waals surface area contributed by atoms with Crippen LogP contribution in [0.25, 0.3) is 0 Å². The van der Waals surface area contributed by atoms with E-state index in [0.29, 0.717) is 5.69 Å². The molecule has 1 atom stereocenters. The number of hydrogen-bond acceptors (Lipinski definition) is 4. The van der Waals surface area contributed by atoms with Crippen LogP contribution in [0.1, 0.15) is 36.7 Å². The number of fused-ring (bicyclic) bond motifs is 1. The predicted molar refractivity (Wildman–Crippen MR) is 90.9 cm³/mol. The predicted octanol–water partition coefficient (Wildman–Crippen LogP) is 2.14. The summed E-state index contributed by atoms with van der Waals surface area (Å²) < 4.78 is 26.6. The molecule has 7 heteroatoms. The van der Waals surface area contributed by atoms with Gasteiger partial charge in [-0.2, -0.15) is 0 Å². The zero-order valence-electron chi connectivity index (χ0n) is 13.4. The van der Waals surface area contributed by atoms with Crippen molar-refractivity contribution in [1.29, 1.82) is 0 Å². The summed E-state index contributed by atoms with van der Waals surface area (Å²) >= 11 is 0.